The van der Waals surface area contributed by atoms with Gasteiger partial charge in [0.2, 0.25) is 6.41 Å². The quantitative estimate of drug-likeness (QED) is 0.700. The molecule has 1 rings (SSSR count). The van der Waals surface area contributed by atoms with Crippen molar-refractivity contribution in [3.05, 3.63) is 0 Å². The van der Waals surface area contributed by atoms with E-state index in [2.05, 4.69) is 23.9 Å². The van der Waals surface area contributed by atoms with Gasteiger partial charge >= 0.3 is 0 Å². The van der Waals surface area contributed by atoms with Crippen molar-refractivity contribution in [2.24, 2.45) is 0 Å². The molecule has 1 fully saturated rings. The van der Waals surface area contributed by atoms with E-state index < -0.39 is 0 Å². The second kappa shape index (κ2) is 13.8. The smallest absolute Gasteiger partial charge is 0.209 e. The molecule has 1 saturated heterocycles. The van der Waals surface area contributed by atoms with Gasteiger partial charge in [-0.25, -0.2) is 0 Å². The largest absolute Gasteiger partial charge is 0.343 e. The number of carbonyl (C=O) groups is 1. The van der Waals surface area contributed by atoms with Gasteiger partial charge in [0.25, 0.3) is 0 Å². The van der Waals surface area contributed by atoms with Crippen molar-refractivity contribution in [3.8, 4) is 0 Å². The molecule has 0 atom stereocenters. The summed E-state index contributed by atoms with van der Waals surface area (Å²) in [6.07, 6.45) is 0.948. The van der Waals surface area contributed by atoms with Crippen molar-refractivity contribution in [1.82, 2.24) is 19.6 Å². The Kier molecular flexibility index (Phi) is 15.0. The maximum Gasteiger partial charge on any atom is 0.209 e. The molecule has 0 spiro atoms. The summed E-state index contributed by atoms with van der Waals surface area (Å²) in [5.41, 5.74) is 0. The summed E-state index contributed by atoms with van der Waals surface area (Å²) in [4.78, 5) is 18.9. The van der Waals surface area contributed by atoms with E-state index >= 15 is 0 Å². The Labute approximate surface area is 120 Å². The number of piperazine rings is 1. The Bertz CT molecular complexity index is 187. The van der Waals surface area contributed by atoms with E-state index in [0.29, 0.717) is 0 Å². The van der Waals surface area contributed by atoms with E-state index in [4.69, 9.17) is 0 Å². The van der Waals surface area contributed by atoms with Gasteiger partial charge in [-0.3, -0.25) is 9.69 Å². The lowest BCUT2D eigenvalue weighted by Gasteiger charge is -2.32. The fraction of sp³-hybridized carbons (Fsp3) is 0.929. The summed E-state index contributed by atoms with van der Waals surface area (Å²) in [5.74, 6) is 0. The first-order valence-corrected chi connectivity index (χ1v) is 7.13. The van der Waals surface area contributed by atoms with E-state index in [1.165, 1.54) is 0 Å². The van der Waals surface area contributed by atoms with Gasteiger partial charge in [-0.1, -0.05) is 13.8 Å². The topological polar surface area (TPSA) is 30.0 Å². The molecule has 19 heavy (non-hydrogen) atoms. The average molecular weight is 274 g/mol. The third-order valence-electron chi connectivity index (χ3n) is 2.42. The van der Waals surface area contributed by atoms with E-state index in [-0.39, 0.29) is 0 Å². The fourth-order valence-electron chi connectivity index (χ4n) is 1.43. The predicted octanol–water partition coefficient (Wildman–Crippen LogP) is 0.526. The molecule has 116 valence electrons. The summed E-state index contributed by atoms with van der Waals surface area (Å²) in [6, 6.07) is 0. The van der Waals surface area contributed by atoms with Gasteiger partial charge in [0.15, 0.2) is 0 Å². The van der Waals surface area contributed by atoms with Crippen molar-refractivity contribution in [1.29, 1.82) is 0 Å². The second-order valence-corrected chi connectivity index (χ2v) is 5.13. The lowest BCUT2D eigenvalue weighted by Crippen LogP contribution is -2.47. The second-order valence-electron chi connectivity index (χ2n) is 5.13. The molecule has 0 saturated carbocycles. The molecule has 1 aliphatic heterocycles. The van der Waals surface area contributed by atoms with Crippen LogP contribution in [0.1, 0.15) is 13.8 Å². The number of hydrogen-bond acceptors (Lipinski definition) is 4. The lowest BCUT2D eigenvalue weighted by atomic mass is 10.3. The SMILES string of the molecule is CC.CN(C)C.CN(C)CCN1CCN(C=O)CC1. The molecule has 1 heterocycles. The number of carbonyl (C=O) groups excluding carboxylic acids is 1. The van der Waals surface area contributed by atoms with Crippen LogP contribution in [0.2, 0.25) is 0 Å². The molecule has 0 unspecified atom stereocenters. The number of amides is 1. The van der Waals surface area contributed by atoms with Crippen LogP contribution < -0.4 is 0 Å². The zero-order valence-corrected chi connectivity index (χ0v) is 14.0. The molecular formula is C14H34N4O. The molecule has 5 nitrogen and oxygen atoms in total. The number of likely N-dealkylation sites (N-methyl/N-ethyl adjacent to an activating group) is 1. The standard InChI is InChI=1S/C9H19N3O.C3H9N.C2H6/c1-10(2)3-4-11-5-7-12(9-13)8-6-11;1-4(2)3;1-2/h9H,3-8H2,1-2H3;1-3H3;1-2H3. The Morgan fingerprint density at radius 3 is 1.68 bits per heavy atom. The maximum absolute atomic E-state index is 10.4. The molecular weight excluding hydrogens is 240 g/mol. The predicted molar refractivity (Wildman–Crippen MR) is 83.6 cm³/mol. The fourth-order valence-corrected chi connectivity index (χ4v) is 1.43. The van der Waals surface area contributed by atoms with Crippen molar-refractivity contribution in [3.63, 3.8) is 0 Å². The van der Waals surface area contributed by atoms with Gasteiger partial charge in [0.1, 0.15) is 0 Å². The molecule has 0 aliphatic carbocycles. The Morgan fingerprint density at radius 2 is 1.37 bits per heavy atom. The Balaban J connectivity index is 0. The first-order chi connectivity index (χ1) is 8.95. The van der Waals surface area contributed by atoms with Crippen LogP contribution in [0.15, 0.2) is 0 Å². The number of rotatable bonds is 4. The maximum atomic E-state index is 10.4. The van der Waals surface area contributed by atoms with Gasteiger partial charge in [0, 0.05) is 39.3 Å². The third kappa shape index (κ3) is 15.3. The molecule has 5 heteroatoms. The van der Waals surface area contributed by atoms with Gasteiger partial charge in [0.05, 0.1) is 0 Å². The van der Waals surface area contributed by atoms with Gasteiger partial charge < -0.3 is 14.7 Å². The van der Waals surface area contributed by atoms with Gasteiger partial charge in [-0.05, 0) is 35.2 Å². The molecule has 1 amide bonds. The van der Waals surface area contributed by atoms with Crippen LogP contribution >= 0.6 is 0 Å². The summed E-state index contributed by atoms with van der Waals surface area (Å²) >= 11 is 0. The van der Waals surface area contributed by atoms with Crippen molar-refractivity contribution >= 4 is 6.41 Å². The lowest BCUT2D eigenvalue weighted by molar-refractivity contribution is -0.119. The summed E-state index contributed by atoms with van der Waals surface area (Å²) < 4.78 is 0. The minimum absolute atomic E-state index is 0.886. The number of nitrogens with zero attached hydrogens (tertiary/aromatic N) is 4. The van der Waals surface area contributed by atoms with Crippen molar-refractivity contribution in [2.45, 2.75) is 13.8 Å². The van der Waals surface area contributed by atoms with E-state index in [9.17, 15) is 4.79 Å². The summed E-state index contributed by atoms with van der Waals surface area (Å²) in [6.45, 7) is 10.0. The highest BCUT2D eigenvalue weighted by Gasteiger charge is 2.14. The molecule has 1 aliphatic rings. The van der Waals surface area contributed by atoms with Gasteiger partial charge in [-0.2, -0.15) is 0 Å². The molecule has 0 radical (unpaired) electrons. The van der Waals surface area contributed by atoms with E-state index in [1.807, 2.05) is 44.8 Å². The Hall–Kier alpha value is -0.650. The molecule has 0 aromatic rings. The minimum Gasteiger partial charge on any atom is -0.343 e. The van der Waals surface area contributed by atoms with Crippen molar-refractivity contribution in [2.75, 3.05) is 74.5 Å². The van der Waals surface area contributed by atoms with E-state index in [1.54, 1.807) is 0 Å². The van der Waals surface area contributed by atoms with Crippen LogP contribution in [0.4, 0.5) is 0 Å². The molecule has 0 aromatic carbocycles. The summed E-state index contributed by atoms with van der Waals surface area (Å²) in [7, 11) is 10.2. The van der Waals surface area contributed by atoms with Crippen LogP contribution in [0.5, 0.6) is 0 Å². The van der Waals surface area contributed by atoms with Crippen LogP contribution in [-0.2, 0) is 4.79 Å². The van der Waals surface area contributed by atoms with Crippen LogP contribution in [0.25, 0.3) is 0 Å². The highest BCUT2D eigenvalue weighted by Crippen LogP contribution is 1.98. The average Bonchev–Trinajstić information content (AvgIpc) is 2.38. The monoisotopic (exact) mass is 274 g/mol. The zero-order valence-electron chi connectivity index (χ0n) is 14.0. The Morgan fingerprint density at radius 1 is 0.947 bits per heavy atom. The highest BCUT2D eigenvalue weighted by molar-refractivity contribution is 5.47. The molecule has 0 N–H and O–H groups in total. The van der Waals surface area contributed by atoms with Crippen LogP contribution in [-0.4, -0.2) is 101 Å². The summed E-state index contributed by atoms with van der Waals surface area (Å²) in [5, 5.41) is 0. The number of hydrogen-bond donors (Lipinski definition) is 0. The van der Waals surface area contributed by atoms with E-state index in [0.717, 1.165) is 45.7 Å². The third-order valence-corrected chi connectivity index (χ3v) is 2.42. The first-order valence-electron chi connectivity index (χ1n) is 7.13. The van der Waals surface area contributed by atoms with Crippen LogP contribution in [0.3, 0.4) is 0 Å². The van der Waals surface area contributed by atoms with Crippen molar-refractivity contribution < 1.29 is 4.79 Å². The normalized spacial score (nSPS) is 15.5. The zero-order chi connectivity index (χ0) is 15.3. The highest BCUT2D eigenvalue weighted by atomic mass is 16.1. The molecule has 0 aromatic heterocycles. The van der Waals surface area contributed by atoms with Crippen LogP contribution in [0, 0.1) is 0 Å². The van der Waals surface area contributed by atoms with Gasteiger partial charge in [-0.15, -0.1) is 0 Å². The first kappa shape index (κ1) is 20.7. The molecule has 0 bridgehead atoms. The minimum atomic E-state index is 0.886.